The third-order valence-electron chi connectivity index (χ3n) is 4.21. The van der Waals surface area contributed by atoms with Gasteiger partial charge in [0, 0.05) is 26.3 Å². The van der Waals surface area contributed by atoms with Crippen LogP contribution in [0.1, 0.15) is 37.9 Å². The fraction of sp³-hybridized carbons (Fsp3) is 0.529. The van der Waals surface area contributed by atoms with Crippen molar-refractivity contribution in [3.63, 3.8) is 0 Å². The number of nitrogens with one attached hydrogen (secondary N) is 1. The van der Waals surface area contributed by atoms with Crippen molar-refractivity contribution in [2.24, 2.45) is 7.05 Å². The average molecular weight is 318 g/mol. The zero-order valence-corrected chi connectivity index (χ0v) is 14.3. The molecular formula is C17H26N4O2. The molecule has 2 N–H and O–H groups in total. The molecule has 0 amide bonds. The van der Waals surface area contributed by atoms with Crippen molar-refractivity contribution < 1.29 is 9.84 Å². The first-order chi connectivity index (χ1) is 11.0. The largest absolute Gasteiger partial charge is 0.437 e. The molecule has 0 aliphatic rings. The number of aromatic nitrogens is 3. The maximum Gasteiger partial charge on any atom is 0.222 e. The van der Waals surface area contributed by atoms with E-state index in [1.54, 1.807) is 17.1 Å². The topological polar surface area (TPSA) is 72.2 Å². The zero-order valence-electron chi connectivity index (χ0n) is 14.3. The molecule has 0 fully saturated rings. The highest BCUT2D eigenvalue weighted by Crippen LogP contribution is 2.26. The quantitative estimate of drug-likeness (QED) is 0.782. The van der Waals surface area contributed by atoms with E-state index in [1.165, 1.54) is 0 Å². The van der Waals surface area contributed by atoms with Crippen LogP contribution in [0, 0.1) is 6.92 Å². The van der Waals surface area contributed by atoms with Gasteiger partial charge in [0.05, 0.1) is 23.1 Å². The van der Waals surface area contributed by atoms with Crippen LogP contribution in [0.3, 0.4) is 0 Å². The van der Waals surface area contributed by atoms with Gasteiger partial charge in [0.1, 0.15) is 5.75 Å². The Morgan fingerprint density at radius 3 is 2.70 bits per heavy atom. The summed E-state index contributed by atoms with van der Waals surface area (Å²) >= 11 is 0. The van der Waals surface area contributed by atoms with Crippen molar-refractivity contribution in [3.8, 4) is 11.6 Å². The molecule has 0 aromatic carbocycles. The summed E-state index contributed by atoms with van der Waals surface area (Å²) in [6, 6.07) is 3.69. The van der Waals surface area contributed by atoms with Crippen LogP contribution in [0.4, 0.5) is 0 Å². The van der Waals surface area contributed by atoms with Gasteiger partial charge >= 0.3 is 0 Å². The maximum atomic E-state index is 10.4. The second kappa shape index (κ2) is 7.57. The SMILES string of the molecule is CCC(O)(CC)CNCc1c(C)nn(C)c1Oc1cccnc1. The first kappa shape index (κ1) is 17.4. The van der Waals surface area contributed by atoms with Crippen molar-refractivity contribution in [2.45, 2.75) is 45.8 Å². The monoisotopic (exact) mass is 318 g/mol. The molecule has 2 rings (SSSR count). The minimum Gasteiger partial charge on any atom is -0.437 e. The summed E-state index contributed by atoms with van der Waals surface area (Å²) in [6.45, 7) is 7.09. The number of hydrogen-bond acceptors (Lipinski definition) is 5. The number of hydrogen-bond donors (Lipinski definition) is 2. The van der Waals surface area contributed by atoms with Gasteiger partial charge < -0.3 is 15.2 Å². The van der Waals surface area contributed by atoms with Crippen molar-refractivity contribution in [1.82, 2.24) is 20.1 Å². The number of ether oxygens (including phenoxy) is 1. The molecule has 0 unspecified atom stereocenters. The zero-order chi connectivity index (χ0) is 16.9. The van der Waals surface area contributed by atoms with E-state index in [1.807, 2.05) is 40.0 Å². The summed E-state index contributed by atoms with van der Waals surface area (Å²) in [5.41, 5.74) is 1.24. The van der Waals surface area contributed by atoms with Crippen molar-refractivity contribution in [1.29, 1.82) is 0 Å². The summed E-state index contributed by atoms with van der Waals surface area (Å²) in [6.07, 6.45) is 4.83. The lowest BCUT2D eigenvalue weighted by atomic mass is 9.97. The van der Waals surface area contributed by atoms with Gasteiger partial charge in [0.15, 0.2) is 0 Å². The maximum absolute atomic E-state index is 10.4. The Morgan fingerprint density at radius 1 is 1.35 bits per heavy atom. The predicted molar refractivity (Wildman–Crippen MR) is 89.5 cm³/mol. The van der Waals surface area contributed by atoms with E-state index in [0.29, 0.717) is 24.7 Å². The summed E-state index contributed by atoms with van der Waals surface area (Å²) in [4.78, 5) is 4.06. The van der Waals surface area contributed by atoms with Crippen LogP contribution >= 0.6 is 0 Å². The molecule has 2 heterocycles. The molecule has 6 heteroatoms. The van der Waals surface area contributed by atoms with Crippen molar-refractivity contribution >= 4 is 0 Å². The summed E-state index contributed by atoms with van der Waals surface area (Å²) in [7, 11) is 1.86. The molecule has 0 atom stereocenters. The molecule has 0 aliphatic heterocycles. The van der Waals surface area contributed by atoms with Gasteiger partial charge in [-0.25, -0.2) is 4.68 Å². The third kappa shape index (κ3) is 4.30. The Hall–Kier alpha value is -1.92. The molecule has 0 spiro atoms. The number of aryl methyl sites for hydroxylation is 2. The van der Waals surface area contributed by atoms with Gasteiger partial charge in [0.25, 0.3) is 0 Å². The van der Waals surface area contributed by atoms with Gasteiger partial charge in [-0.3, -0.25) is 4.98 Å². The highest BCUT2D eigenvalue weighted by atomic mass is 16.5. The second-order valence-electron chi connectivity index (χ2n) is 5.82. The minimum absolute atomic E-state index is 0.542. The van der Waals surface area contributed by atoms with Crippen LogP contribution in [-0.4, -0.2) is 32.0 Å². The number of aliphatic hydroxyl groups is 1. The molecule has 2 aromatic rings. The molecular weight excluding hydrogens is 292 g/mol. The van der Waals surface area contributed by atoms with Crippen LogP contribution in [0.2, 0.25) is 0 Å². The van der Waals surface area contributed by atoms with E-state index >= 15 is 0 Å². The fourth-order valence-corrected chi connectivity index (χ4v) is 2.45. The lowest BCUT2D eigenvalue weighted by Gasteiger charge is -2.25. The first-order valence-corrected chi connectivity index (χ1v) is 8.02. The van der Waals surface area contributed by atoms with Gasteiger partial charge in [-0.15, -0.1) is 0 Å². The third-order valence-corrected chi connectivity index (χ3v) is 4.21. The van der Waals surface area contributed by atoms with E-state index in [9.17, 15) is 5.11 Å². The Labute approximate surface area is 137 Å². The molecule has 0 saturated carbocycles. The van der Waals surface area contributed by atoms with Gasteiger partial charge in [-0.1, -0.05) is 13.8 Å². The van der Waals surface area contributed by atoms with E-state index < -0.39 is 5.60 Å². The van der Waals surface area contributed by atoms with Crippen LogP contribution in [-0.2, 0) is 13.6 Å². The van der Waals surface area contributed by atoms with Gasteiger partial charge in [-0.05, 0) is 31.9 Å². The molecule has 0 radical (unpaired) electrons. The van der Waals surface area contributed by atoms with Crippen LogP contribution in [0.25, 0.3) is 0 Å². The average Bonchev–Trinajstić information content (AvgIpc) is 2.82. The number of rotatable bonds is 8. The highest BCUT2D eigenvalue weighted by molar-refractivity contribution is 5.34. The molecule has 2 aromatic heterocycles. The van der Waals surface area contributed by atoms with E-state index in [0.717, 1.165) is 24.1 Å². The van der Waals surface area contributed by atoms with Crippen LogP contribution in [0.5, 0.6) is 11.6 Å². The molecule has 126 valence electrons. The lowest BCUT2D eigenvalue weighted by Crippen LogP contribution is -2.39. The molecule has 23 heavy (non-hydrogen) atoms. The van der Waals surface area contributed by atoms with Crippen molar-refractivity contribution in [2.75, 3.05) is 6.54 Å². The Bertz CT molecular complexity index is 621. The number of nitrogens with zero attached hydrogens (tertiary/aromatic N) is 3. The standard InChI is InChI=1S/C17H26N4O2/c1-5-17(22,6-2)12-19-11-15-13(3)20-21(4)16(15)23-14-8-7-9-18-10-14/h7-10,19,22H,5-6,11-12H2,1-4H3. The van der Waals surface area contributed by atoms with E-state index in [4.69, 9.17) is 4.74 Å². The minimum atomic E-state index is -0.666. The van der Waals surface area contributed by atoms with Gasteiger partial charge in [-0.2, -0.15) is 5.10 Å². The number of pyridine rings is 1. The predicted octanol–water partition coefficient (Wildman–Crippen LogP) is 2.56. The Kier molecular flexibility index (Phi) is 5.74. The highest BCUT2D eigenvalue weighted by Gasteiger charge is 2.22. The van der Waals surface area contributed by atoms with Gasteiger partial charge in [0.2, 0.25) is 5.88 Å². The summed E-state index contributed by atoms with van der Waals surface area (Å²) < 4.78 is 7.66. The molecule has 6 nitrogen and oxygen atoms in total. The summed E-state index contributed by atoms with van der Waals surface area (Å²) in [5, 5.41) is 18.1. The molecule has 0 saturated heterocycles. The van der Waals surface area contributed by atoms with Crippen molar-refractivity contribution in [3.05, 3.63) is 35.8 Å². The summed E-state index contributed by atoms with van der Waals surface area (Å²) in [5.74, 6) is 1.37. The Balaban J connectivity index is 2.10. The van der Waals surface area contributed by atoms with E-state index in [-0.39, 0.29) is 0 Å². The normalized spacial score (nSPS) is 11.7. The lowest BCUT2D eigenvalue weighted by molar-refractivity contribution is 0.0322. The van der Waals surface area contributed by atoms with Crippen LogP contribution < -0.4 is 10.1 Å². The van der Waals surface area contributed by atoms with Crippen LogP contribution in [0.15, 0.2) is 24.5 Å². The smallest absolute Gasteiger partial charge is 0.222 e. The first-order valence-electron chi connectivity index (χ1n) is 8.02. The Morgan fingerprint density at radius 2 is 2.09 bits per heavy atom. The van der Waals surface area contributed by atoms with E-state index in [2.05, 4.69) is 15.4 Å². The molecule has 0 aliphatic carbocycles. The fourth-order valence-electron chi connectivity index (χ4n) is 2.45. The molecule has 0 bridgehead atoms. The second-order valence-corrected chi connectivity index (χ2v) is 5.82.